The van der Waals surface area contributed by atoms with Crippen molar-refractivity contribution in [3.05, 3.63) is 68.7 Å². The molecule has 0 heterocycles. The summed E-state index contributed by atoms with van der Waals surface area (Å²) in [5, 5.41) is 4.59. The fourth-order valence-corrected chi connectivity index (χ4v) is 4.50. The van der Waals surface area contributed by atoms with Crippen LogP contribution in [0.4, 0.5) is 0 Å². The second-order valence-corrected chi connectivity index (χ2v) is 9.36. The molecular formula is C23H27Cl3N2O2S. The lowest BCUT2D eigenvalue weighted by molar-refractivity contribution is -0.139. The highest BCUT2D eigenvalue weighted by Gasteiger charge is 2.28. The number of carbonyl (C=O) groups excluding carboxylic acids is 2. The van der Waals surface area contributed by atoms with E-state index in [9.17, 15) is 9.59 Å². The van der Waals surface area contributed by atoms with Gasteiger partial charge in [0.25, 0.3) is 0 Å². The maximum atomic E-state index is 13.2. The fraction of sp³-hybridized carbons (Fsp3) is 0.391. The number of hydrogen-bond donors (Lipinski definition) is 1. The summed E-state index contributed by atoms with van der Waals surface area (Å²) in [5.74, 6) is 0.678. The number of carbonyl (C=O) groups is 2. The van der Waals surface area contributed by atoms with Crippen LogP contribution < -0.4 is 5.32 Å². The fourth-order valence-electron chi connectivity index (χ4n) is 3.04. The molecule has 2 amide bonds. The van der Waals surface area contributed by atoms with Crippen molar-refractivity contribution in [2.24, 2.45) is 0 Å². The molecule has 0 bridgehead atoms. The second-order valence-electron chi connectivity index (χ2n) is 7.09. The summed E-state index contributed by atoms with van der Waals surface area (Å²) >= 11 is 19.8. The van der Waals surface area contributed by atoms with E-state index in [2.05, 4.69) is 5.32 Å². The topological polar surface area (TPSA) is 49.4 Å². The van der Waals surface area contributed by atoms with Gasteiger partial charge in [-0.1, -0.05) is 66.8 Å². The van der Waals surface area contributed by atoms with Gasteiger partial charge in [0.1, 0.15) is 6.04 Å². The third-order valence-corrected chi connectivity index (χ3v) is 6.53. The molecule has 0 unspecified atom stereocenters. The van der Waals surface area contributed by atoms with E-state index in [1.807, 2.05) is 38.1 Å². The molecule has 0 radical (unpaired) electrons. The van der Waals surface area contributed by atoms with E-state index in [1.54, 1.807) is 23.1 Å². The van der Waals surface area contributed by atoms with Crippen LogP contribution >= 0.6 is 46.6 Å². The van der Waals surface area contributed by atoms with Crippen molar-refractivity contribution in [1.29, 1.82) is 0 Å². The van der Waals surface area contributed by atoms with Gasteiger partial charge in [-0.2, -0.15) is 0 Å². The number of benzene rings is 2. The molecule has 0 saturated carbocycles. The van der Waals surface area contributed by atoms with Crippen molar-refractivity contribution in [2.75, 3.05) is 12.3 Å². The molecule has 0 aliphatic rings. The van der Waals surface area contributed by atoms with Gasteiger partial charge in [0.05, 0.1) is 5.75 Å². The minimum Gasteiger partial charge on any atom is -0.354 e. The van der Waals surface area contributed by atoms with E-state index in [0.29, 0.717) is 33.8 Å². The maximum absolute atomic E-state index is 13.2. The Morgan fingerprint density at radius 2 is 1.71 bits per heavy atom. The zero-order chi connectivity index (χ0) is 22.8. The van der Waals surface area contributed by atoms with Crippen LogP contribution in [0.5, 0.6) is 0 Å². The number of nitrogens with one attached hydrogen (secondary N) is 1. The molecule has 0 saturated heterocycles. The van der Waals surface area contributed by atoms with Gasteiger partial charge >= 0.3 is 0 Å². The van der Waals surface area contributed by atoms with Crippen LogP contribution in [0.25, 0.3) is 0 Å². The molecule has 0 aliphatic heterocycles. The first-order valence-electron chi connectivity index (χ1n) is 10.2. The number of nitrogens with zero attached hydrogens (tertiary/aromatic N) is 1. The molecule has 0 aliphatic carbocycles. The minimum absolute atomic E-state index is 0.108. The van der Waals surface area contributed by atoms with Crippen LogP contribution in [0.1, 0.15) is 37.8 Å². The van der Waals surface area contributed by atoms with Crippen LogP contribution in [-0.4, -0.2) is 35.1 Å². The summed E-state index contributed by atoms with van der Waals surface area (Å²) in [7, 11) is 0. The minimum atomic E-state index is -0.568. The van der Waals surface area contributed by atoms with Crippen molar-refractivity contribution in [2.45, 2.75) is 45.0 Å². The molecule has 0 spiro atoms. The predicted molar refractivity (Wildman–Crippen MR) is 132 cm³/mol. The van der Waals surface area contributed by atoms with E-state index in [4.69, 9.17) is 34.8 Å². The molecule has 2 rings (SSSR count). The summed E-state index contributed by atoms with van der Waals surface area (Å²) in [6.07, 6.45) is 1.34. The first-order chi connectivity index (χ1) is 14.8. The van der Waals surface area contributed by atoms with Crippen LogP contribution in [0.2, 0.25) is 15.1 Å². The molecule has 0 fully saturated rings. The molecular weight excluding hydrogens is 475 g/mol. The number of thioether (sulfide) groups is 1. The van der Waals surface area contributed by atoms with Crippen LogP contribution in [-0.2, 0) is 21.9 Å². The lowest BCUT2D eigenvalue weighted by atomic mass is 10.1. The molecule has 0 aromatic heterocycles. The highest BCUT2D eigenvalue weighted by molar-refractivity contribution is 7.99. The van der Waals surface area contributed by atoms with E-state index in [0.717, 1.165) is 17.5 Å². The van der Waals surface area contributed by atoms with Gasteiger partial charge in [0, 0.05) is 33.9 Å². The van der Waals surface area contributed by atoms with Crippen molar-refractivity contribution in [3.8, 4) is 0 Å². The summed E-state index contributed by atoms with van der Waals surface area (Å²) in [6.45, 7) is 4.71. The Morgan fingerprint density at radius 3 is 2.32 bits per heavy atom. The Bertz CT molecular complexity index is 878. The Hall–Kier alpha value is -1.40. The molecule has 4 nitrogen and oxygen atoms in total. The van der Waals surface area contributed by atoms with Gasteiger partial charge in [-0.05, 0) is 48.2 Å². The molecule has 1 N–H and O–H groups in total. The zero-order valence-corrected chi connectivity index (χ0v) is 20.8. The number of amides is 2. The zero-order valence-electron chi connectivity index (χ0n) is 17.7. The number of halogens is 3. The quantitative estimate of drug-likeness (QED) is 0.398. The van der Waals surface area contributed by atoms with E-state index < -0.39 is 6.04 Å². The molecule has 31 heavy (non-hydrogen) atoms. The van der Waals surface area contributed by atoms with Gasteiger partial charge in [0.2, 0.25) is 11.8 Å². The average Bonchev–Trinajstić information content (AvgIpc) is 2.74. The molecule has 8 heteroatoms. The standard InChI is InChI=1S/C23H27Cl3N2O2S/c1-3-11-27-23(30)21(4-2)28(13-17-7-10-19(25)12-20(17)26)22(29)15-31-14-16-5-8-18(24)9-6-16/h5-10,12,21H,3-4,11,13-15H2,1-2H3,(H,27,30)/t21-/m1/s1. The third-order valence-electron chi connectivity index (χ3n) is 4.70. The maximum Gasteiger partial charge on any atom is 0.242 e. The summed E-state index contributed by atoms with van der Waals surface area (Å²) in [5.41, 5.74) is 1.84. The monoisotopic (exact) mass is 500 g/mol. The van der Waals surface area contributed by atoms with E-state index in [1.165, 1.54) is 11.8 Å². The molecule has 168 valence electrons. The predicted octanol–water partition coefficient (Wildman–Crippen LogP) is 6.21. The van der Waals surface area contributed by atoms with Crippen molar-refractivity contribution >= 4 is 58.4 Å². The van der Waals surface area contributed by atoms with Gasteiger partial charge < -0.3 is 10.2 Å². The Labute approximate surface area is 203 Å². The lowest BCUT2D eigenvalue weighted by Gasteiger charge is -2.31. The smallest absolute Gasteiger partial charge is 0.242 e. The van der Waals surface area contributed by atoms with Gasteiger partial charge in [-0.3, -0.25) is 9.59 Å². The summed E-state index contributed by atoms with van der Waals surface area (Å²) in [6, 6.07) is 12.2. The van der Waals surface area contributed by atoms with Gasteiger partial charge in [-0.25, -0.2) is 0 Å². The Kier molecular flexibility index (Phi) is 11.0. The highest BCUT2D eigenvalue weighted by atomic mass is 35.5. The number of rotatable bonds is 11. The second kappa shape index (κ2) is 13.2. The Morgan fingerprint density at radius 1 is 1.03 bits per heavy atom. The van der Waals surface area contributed by atoms with Gasteiger partial charge in [-0.15, -0.1) is 11.8 Å². The SMILES string of the molecule is CCCNC(=O)[C@@H](CC)N(Cc1ccc(Cl)cc1Cl)C(=O)CSCc1ccc(Cl)cc1. The van der Waals surface area contributed by atoms with Crippen molar-refractivity contribution < 1.29 is 9.59 Å². The van der Waals surface area contributed by atoms with Crippen molar-refractivity contribution in [3.63, 3.8) is 0 Å². The van der Waals surface area contributed by atoms with Crippen LogP contribution in [0.3, 0.4) is 0 Å². The summed E-state index contributed by atoms with van der Waals surface area (Å²) in [4.78, 5) is 27.6. The molecule has 2 aromatic carbocycles. The molecule has 2 aromatic rings. The average molecular weight is 502 g/mol. The van der Waals surface area contributed by atoms with Gasteiger partial charge in [0.15, 0.2) is 0 Å². The Balaban J connectivity index is 2.14. The van der Waals surface area contributed by atoms with E-state index >= 15 is 0 Å². The molecule has 1 atom stereocenters. The largest absolute Gasteiger partial charge is 0.354 e. The first-order valence-corrected chi connectivity index (χ1v) is 12.5. The van der Waals surface area contributed by atoms with Crippen LogP contribution in [0, 0.1) is 0 Å². The van der Waals surface area contributed by atoms with Crippen molar-refractivity contribution in [1.82, 2.24) is 10.2 Å². The number of hydrogen-bond acceptors (Lipinski definition) is 3. The third kappa shape index (κ3) is 8.23. The normalized spacial score (nSPS) is 11.8. The van der Waals surface area contributed by atoms with Crippen LogP contribution in [0.15, 0.2) is 42.5 Å². The highest BCUT2D eigenvalue weighted by Crippen LogP contribution is 2.24. The van der Waals surface area contributed by atoms with E-state index in [-0.39, 0.29) is 24.1 Å². The lowest BCUT2D eigenvalue weighted by Crippen LogP contribution is -2.49. The first kappa shape index (κ1) is 25.9. The summed E-state index contributed by atoms with van der Waals surface area (Å²) < 4.78 is 0.